The van der Waals surface area contributed by atoms with Gasteiger partial charge in [-0.2, -0.15) is 0 Å². The predicted octanol–water partition coefficient (Wildman–Crippen LogP) is 2.96. The topological polar surface area (TPSA) is 55.9 Å². The summed E-state index contributed by atoms with van der Waals surface area (Å²) in [5.74, 6) is 5.65. The Hall–Kier alpha value is -1.40. The molecule has 2 aromatic heterocycles. The standard InChI is InChI=1S/C13H13ClN4S/c14-13-6-5-12(19-13)10(17-15)7-18-8-16-9-3-1-2-4-11(9)18/h1-6,8,10,17H,7,15H2. The number of fused-ring (bicyclic) bond motifs is 1. The highest BCUT2D eigenvalue weighted by Gasteiger charge is 2.14. The fourth-order valence-corrected chi connectivity index (χ4v) is 3.21. The Bertz CT molecular complexity index is 691. The van der Waals surface area contributed by atoms with Crippen LogP contribution in [0.1, 0.15) is 10.9 Å². The number of rotatable bonds is 4. The molecule has 0 radical (unpaired) electrons. The van der Waals surface area contributed by atoms with Crippen molar-refractivity contribution in [2.75, 3.05) is 0 Å². The maximum absolute atomic E-state index is 5.97. The number of nitrogens with zero attached hydrogens (tertiary/aromatic N) is 2. The summed E-state index contributed by atoms with van der Waals surface area (Å²) in [7, 11) is 0. The summed E-state index contributed by atoms with van der Waals surface area (Å²) in [6.45, 7) is 0.716. The van der Waals surface area contributed by atoms with Gasteiger partial charge >= 0.3 is 0 Å². The molecule has 19 heavy (non-hydrogen) atoms. The molecule has 3 rings (SSSR count). The van der Waals surface area contributed by atoms with Gasteiger partial charge in [-0.1, -0.05) is 23.7 Å². The molecule has 0 fully saturated rings. The highest BCUT2D eigenvalue weighted by Crippen LogP contribution is 2.28. The number of benzene rings is 1. The van der Waals surface area contributed by atoms with Crippen LogP contribution in [0.3, 0.4) is 0 Å². The average molecular weight is 293 g/mol. The van der Waals surface area contributed by atoms with E-state index >= 15 is 0 Å². The SMILES string of the molecule is NNC(Cn1cnc2ccccc21)c1ccc(Cl)s1. The van der Waals surface area contributed by atoms with Gasteiger partial charge in [-0.25, -0.2) is 4.98 Å². The number of imidazole rings is 1. The molecule has 0 spiro atoms. The van der Waals surface area contributed by atoms with Gasteiger partial charge in [0.2, 0.25) is 0 Å². The Labute approximate surface area is 119 Å². The van der Waals surface area contributed by atoms with Gasteiger partial charge in [0.05, 0.1) is 27.7 Å². The molecule has 6 heteroatoms. The van der Waals surface area contributed by atoms with Crippen molar-refractivity contribution < 1.29 is 0 Å². The van der Waals surface area contributed by atoms with Crippen LogP contribution in [0, 0.1) is 0 Å². The summed E-state index contributed by atoms with van der Waals surface area (Å²) in [5, 5.41) is 0. The molecule has 1 unspecified atom stereocenters. The Balaban J connectivity index is 1.90. The van der Waals surface area contributed by atoms with Crippen LogP contribution in [-0.2, 0) is 6.54 Å². The second-order valence-electron chi connectivity index (χ2n) is 4.25. The molecule has 0 saturated carbocycles. The van der Waals surface area contributed by atoms with Gasteiger partial charge in [0.15, 0.2) is 0 Å². The molecule has 3 aromatic rings. The lowest BCUT2D eigenvalue weighted by atomic mass is 10.2. The van der Waals surface area contributed by atoms with Crippen LogP contribution in [0.5, 0.6) is 0 Å². The van der Waals surface area contributed by atoms with E-state index in [9.17, 15) is 0 Å². The molecule has 0 aliphatic rings. The van der Waals surface area contributed by atoms with Crippen LogP contribution in [0.2, 0.25) is 4.34 Å². The average Bonchev–Trinajstić information content (AvgIpc) is 3.03. The van der Waals surface area contributed by atoms with Gasteiger partial charge in [0.25, 0.3) is 0 Å². The third-order valence-electron chi connectivity index (χ3n) is 3.05. The van der Waals surface area contributed by atoms with E-state index < -0.39 is 0 Å². The van der Waals surface area contributed by atoms with E-state index in [1.165, 1.54) is 11.3 Å². The molecular formula is C13H13ClN4S. The van der Waals surface area contributed by atoms with Gasteiger partial charge in [0.1, 0.15) is 0 Å². The van der Waals surface area contributed by atoms with Crippen molar-refractivity contribution in [2.24, 2.45) is 5.84 Å². The van der Waals surface area contributed by atoms with Crippen LogP contribution in [0.4, 0.5) is 0 Å². The van der Waals surface area contributed by atoms with Crippen molar-refractivity contribution in [3.8, 4) is 0 Å². The molecule has 0 aliphatic carbocycles. The van der Waals surface area contributed by atoms with Gasteiger partial charge in [-0.15, -0.1) is 11.3 Å². The third-order valence-corrected chi connectivity index (χ3v) is 4.39. The molecular weight excluding hydrogens is 280 g/mol. The number of aromatic nitrogens is 2. The maximum Gasteiger partial charge on any atom is 0.0958 e. The second-order valence-corrected chi connectivity index (χ2v) is 5.99. The number of hydrazine groups is 1. The van der Waals surface area contributed by atoms with E-state index in [0.717, 1.165) is 20.2 Å². The lowest BCUT2D eigenvalue weighted by Crippen LogP contribution is -2.30. The molecule has 1 atom stereocenters. The second kappa shape index (κ2) is 5.30. The van der Waals surface area contributed by atoms with Gasteiger partial charge in [-0.3, -0.25) is 11.3 Å². The Morgan fingerprint density at radius 2 is 2.16 bits per heavy atom. The Kier molecular flexibility index (Phi) is 3.52. The minimum atomic E-state index is 0.0232. The van der Waals surface area contributed by atoms with Gasteiger partial charge in [0, 0.05) is 11.4 Å². The lowest BCUT2D eigenvalue weighted by Gasteiger charge is -2.15. The van der Waals surface area contributed by atoms with Gasteiger partial charge in [-0.05, 0) is 24.3 Å². The number of halogens is 1. The van der Waals surface area contributed by atoms with Crippen molar-refractivity contribution in [3.63, 3.8) is 0 Å². The monoisotopic (exact) mass is 292 g/mol. The van der Waals surface area contributed by atoms with Crippen molar-refractivity contribution >= 4 is 34.0 Å². The number of hydrogen-bond donors (Lipinski definition) is 2. The third kappa shape index (κ3) is 2.50. The molecule has 1 aromatic carbocycles. The van der Waals surface area contributed by atoms with Crippen molar-refractivity contribution in [1.29, 1.82) is 0 Å². The molecule has 2 heterocycles. The van der Waals surface area contributed by atoms with E-state index in [1.807, 2.05) is 36.7 Å². The smallest absolute Gasteiger partial charge is 0.0958 e. The first kappa shape index (κ1) is 12.6. The van der Waals surface area contributed by atoms with Crippen molar-refractivity contribution in [3.05, 3.63) is 51.9 Å². The first-order valence-corrected chi connectivity index (χ1v) is 7.08. The van der Waals surface area contributed by atoms with E-state index in [1.54, 1.807) is 0 Å². The van der Waals surface area contributed by atoms with E-state index in [0.29, 0.717) is 6.54 Å². The molecule has 0 saturated heterocycles. The molecule has 98 valence electrons. The summed E-state index contributed by atoms with van der Waals surface area (Å²) in [6.07, 6.45) is 1.84. The largest absolute Gasteiger partial charge is 0.329 e. The van der Waals surface area contributed by atoms with Crippen LogP contribution in [0.25, 0.3) is 11.0 Å². The number of thiophene rings is 1. The minimum absolute atomic E-state index is 0.0232. The van der Waals surface area contributed by atoms with Gasteiger partial charge < -0.3 is 4.57 Å². The Morgan fingerprint density at radius 1 is 1.32 bits per heavy atom. The minimum Gasteiger partial charge on any atom is -0.329 e. The van der Waals surface area contributed by atoms with Crippen molar-refractivity contribution in [1.82, 2.24) is 15.0 Å². The zero-order valence-corrected chi connectivity index (χ0v) is 11.7. The van der Waals surface area contributed by atoms with Crippen LogP contribution in [0.15, 0.2) is 42.7 Å². The fourth-order valence-electron chi connectivity index (χ4n) is 2.09. The summed E-state index contributed by atoms with van der Waals surface area (Å²) >= 11 is 7.51. The fraction of sp³-hybridized carbons (Fsp3) is 0.154. The number of nitrogens with two attached hydrogens (primary N) is 1. The number of para-hydroxylation sites is 2. The van der Waals surface area contributed by atoms with E-state index in [2.05, 4.69) is 21.0 Å². The summed E-state index contributed by atoms with van der Waals surface area (Å²) < 4.78 is 2.86. The predicted molar refractivity (Wildman–Crippen MR) is 79.1 cm³/mol. The molecule has 0 bridgehead atoms. The van der Waals surface area contributed by atoms with Crippen LogP contribution in [-0.4, -0.2) is 9.55 Å². The first-order chi connectivity index (χ1) is 9.28. The van der Waals surface area contributed by atoms with E-state index in [-0.39, 0.29) is 6.04 Å². The highest BCUT2D eigenvalue weighted by atomic mass is 35.5. The lowest BCUT2D eigenvalue weighted by molar-refractivity contribution is 0.488. The number of hydrogen-bond acceptors (Lipinski definition) is 4. The molecule has 3 N–H and O–H groups in total. The number of nitrogens with one attached hydrogen (secondary N) is 1. The van der Waals surface area contributed by atoms with E-state index in [4.69, 9.17) is 17.4 Å². The zero-order valence-electron chi connectivity index (χ0n) is 10.1. The molecule has 0 amide bonds. The summed E-state index contributed by atoms with van der Waals surface area (Å²) in [5.41, 5.74) is 4.93. The highest BCUT2D eigenvalue weighted by molar-refractivity contribution is 7.16. The molecule has 4 nitrogen and oxygen atoms in total. The first-order valence-electron chi connectivity index (χ1n) is 5.89. The zero-order chi connectivity index (χ0) is 13.2. The normalized spacial score (nSPS) is 12.9. The molecule has 0 aliphatic heterocycles. The van der Waals surface area contributed by atoms with Crippen molar-refractivity contribution in [2.45, 2.75) is 12.6 Å². The van der Waals surface area contributed by atoms with Crippen LogP contribution < -0.4 is 11.3 Å². The quantitative estimate of drug-likeness (QED) is 0.574. The van der Waals surface area contributed by atoms with Crippen LogP contribution >= 0.6 is 22.9 Å². The maximum atomic E-state index is 5.97. The summed E-state index contributed by atoms with van der Waals surface area (Å²) in [6, 6.07) is 11.9. The Morgan fingerprint density at radius 3 is 2.89 bits per heavy atom. The summed E-state index contributed by atoms with van der Waals surface area (Å²) in [4.78, 5) is 5.49.